The summed E-state index contributed by atoms with van der Waals surface area (Å²) in [5, 5.41) is 0. The van der Waals surface area contributed by atoms with Crippen LogP contribution in [0.5, 0.6) is 0 Å². The van der Waals surface area contributed by atoms with Crippen molar-refractivity contribution in [2.75, 3.05) is 4.90 Å². The van der Waals surface area contributed by atoms with Crippen molar-refractivity contribution in [2.24, 2.45) is 0 Å². The highest BCUT2D eigenvalue weighted by Crippen LogP contribution is 2.58. The third kappa shape index (κ3) is 6.54. The molecular formula is C56H43N. The van der Waals surface area contributed by atoms with Crippen LogP contribution in [0.3, 0.4) is 0 Å². The Morgan fingerprint density at radius 3 is 1.49 bits per heavy atom. The normalized spacial score (nSPS) is 14.4. The number of anilines is 3. The lowest BCUT2D eigenvalue weighted by molar-refractivity contribution is 0.770. The predicted molar refractivity (Wildman–Crippen MR) is 242 cm³/mol. The molecule has 272 valence electrons. The van der Waals surface area contributed by atoms with E-state index >= 15 is 0 Å². The summed E-state index contributed by atoms with van der Waals surface area (Å²) >= 11 is 0. The Morgan fingerprint density at radius 2 is 0.877 bits per heavy atom. The van der Waals surface area contributed by atoms with Crippen LogP contribution < -0.4 is 4.90 Å². The van der Waals surface area contributed by atoms with Crippen molar-refractivity contribution >= 4 is 17.1 Å². The molecule has 1 unspecified atom stereocenters. The summed E-state index contributed by atoms with van der Waals surface area (Å²) in [6, 6.07) is 74.7. The lowest BCUT2D eigenvalue weighted by Gasteiger charge is -2.35. The van der Waals surface area contributed by atoms with Gasteiger partial charge in [-0.1, -0.05) is 195 Å². The van der Waals surface area contributed by atoms with Gasteiger partial charge in [0.2, 0.25) is 0 Å². The van der Waals surface area contributed by atoms with Crippen LogP contribution in [0.2, 0.25) is 0 Å². The van der Waals surface area contributed by atoms with E-state index < -0.39 is 5.41 Å². The quantitative estimate of drug-likeness (QED) is 0.127. The molecule has 0 bridgehead atoms. The highest BCUT2D eigenvalue weighted by molar-refractivity contribution is 5.91. The molecule has 1 atom stereocenters. The standard InChI is InChI=1S/C56H43N/c1-3-4-9-19-41(2)56(48-27-16-8-17-28-48)54-39-47(44-24-14-7-15-25-44)32-36-52(54)53-37-35-51(40-55(53)56)57(49-33-30-45(31-34-49)42-20-10-5-11-21-42)50-29-18-26-46(38-50)43-22-12-6-13-23-43/h3-40H,2H2,1H3/b4-3-,19-9-. The van der Waals surface area contributed by atoms with Gasteiger partial charge in [0.1, 0.15) is 0 Å². The smallest absolute Gasteiger partial charge is 0.0708 e. The van der Waals surface area contributed by atoms with Crippen LogP contribution in [-0.4, -0.2) is 0 Å². The van der Waals surface area contributed by atoms with E-state index in [1.54, 1.807) is 0 Å². The van der Waals surface area contributed by atoms with Crippen LogP contribution in [0.1, 0.15) is 23.6 Å². The van der Waals surface area contributed by atoms with Gasteiger partial charge in [0.15, 0.2) is 0 Å². The zero-order valence-corrected chi connectivity index (χ0v) is 32.1. The highest BCUT2D eigenvalue weighted by Gasteiger charge is 2.46. The summed E-state index contributed by atoms with van der Waals surface area (Å²) < 4.78 is 0. The maximum Gasteiger partial charge on any atom is 0.0708 e. The molecule has 0 fully saturated rings. The number of rotatable bonds is 10. The molecule has 1 aliphatic rings. The Balaban J connectivity index is 1.28. The fraction of sp³-hybridized carbons (Fsp3) is 0.0357. The first kappa shape index (κ1) is 35.5. The monoisotopic (exact) mass is 729 g/mol. The first-order chi connectivity index (χ1) is 28.1. The molecule has 8 aromatic rings. The minimum atomic E-state index is -0.653. The fourth-order valence-corrected chi connectivity index (χ4v) is 8.54. The highest BCUT2D eigenvalue weighted by atomic mass is 15.1. The summed E-state index contributed by atoms with van der Waals surface area (Å²) in [5.74, 6) is 0. The summed E-state index contributed by atoms with van der Waals surface area (Å²) in [4.78, 5) is 2.40. The van der Waals surface area contributed by atoms with Crippen LogP contribution in [0.25, 0.3) is 44.5 Å². The maximum absolute atomic E-state index is 4.90. The lowest BCUT2D eigenvalue weighted by Crippen LogP contribution is -2.29. The van der Waals surface area contributed by atoms with Crippen molar-refractivity contribution in [3.05, 3.63) is 259 Å². The van der Waals surface area contributed by atoms with Crippen molar-refractivity contribution in [3.8, 4) is 44.5 Å². The minimum Gasteiger partial charge on any atom is -0.310 e. The van der Waals surface area contributed by atoms with E-state index in [2.05, 4.69) is 235 Å². The van der Waals surface area contributed by atoms with Gasteiger partial charge in [0.05, 0.1) is 5.41 Å². The van der Waals surface area contributed by atoms with Crippen LogP contribution in [-0.2, 0) is 5.41 Å². The Morgan fingerprint density at radius 1 is 0.421 bits per heavy atom. The van der Waals surface area contributed by atoms with E-state index in [0.717, 1.165) is 22.6 Å². The maximum atomic E-state index is 4.90. The van der Waals surface area contributed by atoms with Gasteiger partial charge in [-0.25, -0.2) is 0 Å². The fourth-order valence-electron chi connectivity index (χ4n) is 8.54. The molecule has 0 saturated carbocycles. The second-order valence-electron chi connectivity index (χ2n) is 14.5. The Labute approximate surface area is 336 Å². The molecule has 8 aromatic carbocycles. The molecule has 1 heteroatoms. The van der Waals surface area contributed by atoms with Crippen LogP contribution in [0.15, 0.2) is 243 Å². The van der Waals surface area contributed by atoms with Gasteiger partial charge in [0.25, 0.3) is 0 Å². The second kappa shape index (κ2) is 15.5. The topological polar surface area (TPSA) is 3.24 Å². The van der Waals surface area contributed by atoms with Gasteiger partial charge < -0.3 is 4.90 Å². The molecule has 0 heterocycles. The van der Waals surface area contributed by atoms with Crippen molar-refractivity contribution in [2.45, 2.75) is 12.3 Å². The van der Waals surface area contributed by atoms with Gasteiger partial charge in [-0.2, -0.15) is 0 Å². The average Bonchev–Trinajstić information content (AvgIpc) is 3.58. The summed E-state index contributed by atoms with van der Waals surface area (Å²) in [5.41, 5.74) is 16.8. The molecule has 0 radical (unpaired) electrons. The summed E-state index contributed by atoms with van der Waals surface area (Å²) in [6.45, 7) is 6.95. The van der Waals surface area contributed by atoms with Crippen molar-refractivity contribution in [3.63, 3.8) is 0 Å². The first-order valence-electron chi connectivity index (χ1n) is 19.7. The number of hydrogen-bond acceptors (Lipinski definition) is 1. The number of fused-ring (bicyclic) bond motifs is 3. The third-order valence-electron chi connectivity index (χ3n) is 11.2. The van der Waals surface area contributed by atoms with E-state index in [0.29, 0.717) is 0 Å². The van der Waals surface area contributed by atoms with E-state index in [1.165, 1.54) is 61.2 Å². The molecule has 1 nitrogen and oxygen atoms in total. The van der Waals surface area contributed by atoms with Crippen molar-refractivity contribution < 1.29 is 0 Å². The van der Waals surface area contributed by atoms with Crippen LogP contribution in [0.4, 0.5) is 17.1 Å². The van der Waals surface area contributed by atoms with Gasteiger partial charge in [-0.15, -0.1) is 0 Å². The third-order valence-corrected chi connectivity index (χ3v) is 11.2. The predicted octanol–water partition coefficient (Wildman–Crippen LogP) is 15.2. The summed E-state index contributed by atoms with van der Waals surface area (Å²) in [6.07, 6.45) is 8.45. The van der Waals surface area contributed by atoms with Gasteiger partial charge in [-0.3, -0.25) is 0 Å². The molecule has 57 heavy (non-hydrogen) atoms. The lowest BCUT2D eigenvalue weighted by atomic mass is 9.67. The Bertz CT molecular complexity index is 2730. The Hall–Kier alpha value is -7.22. The average molecular weight is 730 g/mol. The molecule has 0 aromatic heterocycles. The first-order valence-corrected chi connectivity index (χ1v) is 19.7. The molecule has 9 rings (SSSR count). The number of hydrogen-bond donors (Lipinski definition) is 0. The van der Waals surface area contributed by atoms with Gasteiger partial charge >= 0.3 is 0 Å². The number of nitrogens with zero attached hydrogens (tertiary/aromatic N) is 1. The molecular weight excluding hydrogens is 687 g/mol. The van der Waals surface area contributed by atoms with E-state index in [1.807, 2.05) is 6.92 Å². The molecule has 0 spiro atoms. The molecule has 0 N–H and O–H groups in total. The van der Waals surface area contributed by atoms with Crippen molar-refractivity contribution in [1.29, 1.82) is 0 Å². The SMILES string of the molecule is C=C(/C=C\C=C/C)C1(c2ccccc2)c2cc(-c3ccccc3)ccc2-c2ccc(N(c3ccc(-c4ccccc4)cc3)c3cccc(-c4ccccc4)c3)cc21. The zero-order valence-electron chi connectivity index (χ0n) is 32.1. The second-order valence-corrected chi connectivity index (χ2v) is 14.5. The minimum absolute atomic E-state index is 0.653. The van der Waals surface area contributed by atoms with E-state index in [4.69, 9.17) is 6.58 Å². The molecule has 0 aliphatic heterocycles. The number of allylic oxidation sites excluding steroid dienone is 5. The largest absolute Gasteiger partial charge is 0.310 e. The van der Waals surface area contributed by atoms with Crippen LogP contribution in [0, 0.1) is 0 Å². The van der Waals surface area contributed by atoms with E-state index in [-0.39, 0.29) is 0 Å². The van der Waals surface area contributed by atoms with Gasteiger partial charge in [0, 0.05) is 17.1 Å². The zero-order chi connectivity index (χ0) is 38.6. The molecule has 0 amide bonds. The molecule has 1 aliphatic carbocycles. The molecule has 0 saturated heterocycles. The van der Waals surface area contributed by atoms with E-state index in [9.17, 15) is 0 Å². The number of benzene rings is 8. The van der Waals surface area contributed by atoms with Gasteiger partial charge in [-0.05, 0) is 116 Å². The summed E-state index contributed by atoms with van der Waals surface area (Å²) in [7, 11) is 0. The van der Waals surface area contributed by atoms with Crippen LogP contribution >= 0.6 is 0 Å². The van der Waals surface area contributed by atoms with Crippen molar-refractivity contribution in [1.82, 2.24) is 0 Å². The Kier molecular flexibility index (Phi) is 9.64.